The van der Waals surface area contributed by atoms with Gasteiger partial charge in [0, 0.05) is 87.3 Å². The molecule has 1 aromatic carbocycles. The second kappa shape index (κ2) is 22.7. The molecule has 0 aliphatic carbocycles. The number of ether oxygens (including phenoxy) is 7. The average Bonchev–Trinajstić information content (AvgIpc) is 3.72. The first-order valence-electron chi connectivity index (χ1n) is 21.3. The lowest BCUT2D eigenvalue weighted by Crippen LogP contribution is -2.63. The number of carbonyl (C=O) groups is 7. The zero-order chi connectivity index (χ0) is 50.0. The lowest BCUT2D eigenvalue weighted by atomic mass is 9.92. The smallest absolute Gasteiger partial charge is 0.409 e. The second-order valence-electron chi connectivity index (χ2n) is 16.2. The summed E-state index contributed by atoms with van der Waals surface area (Å²) in [5.74, 6) is -3.28. The maximum Gasteiger partial charge on any atom is 0.409 e. The minimum absolute atomic E-state index is 0.0206. The number of amides is 3. The summed E-state index contributed by atoms with van der Waals surface area (Å²) in [6.45, 7) is 6.36. The molecule has 25 heteroatoms. The Labute approximate surface area is 389 Å². The number of hydrogen-bond acceptors (Lipinski definition) is 20. The third kappa shape index (κ3) is 12.6. The van der Waals surface area contributed by atoms with Gasteiger partial charge in [-0.15, -0.1) is 0 Å². The average molecular weight is 952 g/mol. The maximum absolute atomic E-state index is 13.7. The zero-order valence-electron chi connectivity index (χ0n) is 38.7. The molecule has 25 nitrogen and oxygen atoms in total. The second-order valence-corrected chi connectivity index (χ2v) is 16.2. The van der Waals surface area contributed by atoms with Crippen LogP contribution in [0.15, 0.2) is 36.8 Å². The Morgan fingerprint density at radius 3 is 2.21 bits per heavy atom. The molecule has 2 aliphatic heterocycles. The number of carbonyl (C=O) groups excluding carboxylic acids is 7. The Morgan fingerprint density at radius 1 is 0.897 bits per heavy atom. The van der Waals surface area contributed by atoms with E-state index in [1.165, 1.54) is 39.9 Å². The van der Waals surface area contributed by atoms with Crippen LogP contribution in [0.5, 0.6) is 5.75 Å². The SMILES string of the molecule is CC(=O)OC[C@H]1O[C@@H](Oc2ccc(COC(=O)N(C)CCN(C)C(=O)n3ccc4c(N(C)[C@H]5CN(C(=O)CC#N)CC[C@H]5C)ncnc43)cc2[N+](=O)[O-])[C@H](OC(C)=O)[C@@H](OC(C)=O)[C@@H]1OC(C)=O. The Hall–Kier alpha value is -7.62. The summed E-state index contributed by atoms with van der Waals surface area (Å²) < 4.78 is 39.7. The fraction of sp³-hybridized carbons (Fsp3) is 0.535. The van der Waals surface area contributed by atoms with E-state index in [2.05, 4.69) is 16.9 Å². The summed E-state index contributed by atoms with van der Waals surface area (Å²) in [4.78, 5) is 114. The summed E-state index contributed by atoms with van der Waals surface area (Å²) >= 11 is 0. The molecule has 2 aromatic heterocycles. The molecule has 4 heterocycles. The molecule has 0 bridgehead atoms. The number of piperidine rings is 1. The van der Waals surface area contributed by atoms with Crippen molar-refractivity contribution in [2.45, 2.75) is 90.8 Å². The van der Waals surface area contributed by atoms with E-state index in [0.29, 0.717) is 29.9 Å². The predicted octanol–water partition coefficient (Wildman–Crippen LogP) is 2.56. The van der Waals surface area contributed by atoms with Crippen molar-refractivity contribution in [3.63, 3.8) is 0 Å². The van der Waals surface area contributed by atoms with Crippen LogP contribution in [0.4, 0.5) is 21.1 Å². The van der Waals surface area contributed by atoms with E-state index in [1.54, 1.807) is 24.2 Å². The first-order valence-corrected chi connectivity index (χ1v) is 21.3. The van der Waals surface area contributed by atoms with Gasteiger partial charge in [-0.05, 0) is 30.0 Å². The predicted molar refractivity (Wildman–Crippen MR) is 232 cm³/mol. The van der Waals surface area contributed by atoms with E-state index in [1.807, 2.05) is 18.0 Å². The van der Waals surface area contributed by atoms with Crippen LogP contribution in [0, 0.1) is 27.4 Å². The molecular weight excluding hydrogens is 899 g/mol. The minimum atomic E-state index is -1.75. The Balaban J connectivity index is 1.23. The number of nitro benzene ring substituents is 1. The van der Waals surface area contributed by atoms with E-state index < -0.39 is 96.3 Å². The van der Waals surface area contributed by atoms with Crippen molar-refractivity contribution in [1.82, 2.24) is 29.2 Å². The van der Waals surface area contributed by atoms with Gasteiger partial charge in [0.15, 0.2) is 23.6 Å². The van der Waals surface area contributed by atoms with E-state index in [9.17, 15) is 43.7 Å². The Bertz CT molecular complexity index is 2440. The van der Waals surface area contributed by atoms with Crippen molar-refractivity contribution in [3.05, 3.63) is 52.5 Å². The lowest BCUT2D eigenvalue weighted by molar-refractivity contribution is -0.387. The van der Waals surface area contributed by atoms with Crippen molar-refractivity contribution in [2.75, 3.05) is 58.8 Å². The summed E-state index contributed by atoms with van der Waals surface area (Å²) in [7, 11) is 4.85. The van der Waals surface area contributed by atoms with Crippen LogP contribution in [0.3, 0.4) is 0 Å². The molecule has 68 heavy (non-hydrogen) atoms. The largest absolute Gasteiger partial charge is 0.463 e. The summed E-state index contributed by atoms with van der Waals surface area (Å²) in [6, 6.07) is 6.66. The van der Waals surface area contributed by atoms with E-state index in [-0.39, 0.29) is 42.9 Å². The van der Waals surface area contributed by atoms with Gasteiger partial charge in [-0.1, -0.05) is 13.0 Å². The highest BCUT2D eigenvalue weighted by atomic mass is 16.7. The quantitative estimate of drug-likeness (QED) is 0.0862. The zero-order valence-corrected chi connectivity index (χ0v) is 38.7. The minimum Gasteiger partial charge on any atom is -0.463 e. The molecule has 366 valence electrons. The molecule has 3 aromatic rings. The molecule has 0 unspecified atom stereocenters. The lowest BCUT2D eigenvalue weighted by Gasteiger charge is -2.43. The number of likely N-dealkylation sites (tertiary alicyclic amines) is 1. The number of nitriles is 1. The Kier molecular flexibility index (Phi) is 17.2. The van der Waals surface area contributed by atoms with Gasteiger partial charge in [0.05, 0.1) is 22.4 Å². The van der Waals surface area contributed by atoms with Gasteiger partial charge in [-0.2, -0.15) is 5.26 Å². The summed E-state index contributed by atoms with van der Waals surface area (Å²) in [5.41, 5.74) is -0.134. The highest BCUT2D eigenvalue weighted by molar-refractivity contribution is 5.95. The number of rotatable bonds is 16. The maximum atomic E-state index is 13.7. The molecule has 0 N–H and O–H groups in total. The molecule has 5 rings (SSSR count). The molecule has 2 saturated heterocycles. The third-order valence-corrected chi connectivity index (χ3v) is 11.2. The van der Waals surface area contributed by atoms with Crippen LogP contribution in [0.2, 0.25) is 0 Å². The summed E-state index contributed by atoms with van der Waals surface area (Å²) in [5, 5.41) is 22.0. The van der Waals surface area contributed by atoms with Crippen molar-refractivity contribution in [3.8, 4) is 11.8 Å². The van der Waals surface area contributed by atoms with Crippen LogP contribution >= 0.6 is 0 Å². The van der Waals surface area contributed by atoms with Crippen LogP contribution in [-0.4, -0.2) is 167 Å². The van der Waals surface area contributed by atoms with Gasteiger partial charge in [0.2, 0.25) is 18.3 Å². The van der Waals surface area contributed by atoms with Gasteiger partial charge >= 0.3 is 41.7 Å². The van der Waals surface area contributed by atoms with Gasteiger partial charge < -0.3 is 52.8 Å². The molecule has 0 saturated carbocycles. The molecule has 0 spiro atoms. The number of nitro groups is 1. The number of likely N-dealkylation sites (N-methyl/N-ethyl adjacent to an activating group) is 3. The molecule has 2 fully saturated rings. The molecule has 2 aliphatic rings. The van der Waals surface area contributed by atoms with Crippen LogP contribution < -0.4 is 9.64 Å². The molecule has 0 radical (unpaired) electrons. The standard InChI is InChI=1S/C43H53N9O16/c1-24-12-15-50(35(57)11-14-44)20-32(24)49(8)39-30-13-16-51(40(30)46-23-45-39)42(58)47(6)17-18-48(7)43(59)63-21-29-9-10-33(31(19-29)52(60)61)67-41-38(66-28(5)56)37(65-27(4)55)36(64-26(3)54)34(68-41)22-62-25(2)53/h9-10,13,16,19,23-24,32,34,36-38,41H,11-12,15,17-18,20-22H2,1-8H3/t24-,32+,34-,36-,37+,38-,41-/m1/s1. The van der Waals surface area contributed by atoms with Crippen LogP contribution in [0.1, 0.15) is 53.0 Å². The summed E-state index contributed by atoms with van der Waals surface area (Å²) in [6.07, 6.45) is -5.20. The van der Waals surface area contributed by atoms with Gasteiger partial charge in [-0.3, -0.25) is 38.7 Å². The van der Waals surface area contributed by atoms with Gasteiger partial charge in [0.1, 0.15) is 37.9 Å². The number of anilines is 1. The highest BCUT2D eigenvalue weighted by Gasteiger charge is 2.53. The van der Waals surface area contributed by atoms with E-state index >= 15 is 0 Å². The Morgan fingerprint density at radius 2 is 1.56 bits per heavy atom. The first kappa shape index (κ1) is 51.4. The number of benzene rings is 1. The van der Waals surface area contributed by atoms with Crippen molar-refractivity contribution in [1.29, 1.82) is 5.26 Å². The van der Waals surface area contributed by atoms with Crippen LogP contribution in [-0.2, 0) is 59.0 Å². The molecular formula is C43H53N9O16. The van der Waals surface area contributed by atoms with Crippen molar-refractivity contribution >= 4 is 64.4 Å². The van der Waals surface area contributed by atoms with Gasteiger partial charge in [0.25, 0.3) is 0 Å². The third-order valence-electron chi connectivity index (χ3n) is 11.2. The van der Waals surface area contributed by atoms with Gasteiger partial charge in [-0.25, -0.2) is 19.6 Å². The molecule has 3 amide bonds. The number of hydrogen-bond donors (Lipinski definition) is 0. The van der Waals surface area contributed by atoms with E-state index in [4.69, 9.17) is 38.4 Å². The number of aromatic nitrogens is 3. The van der Waals surface area contributed by atoms with Crippen LogP contribution in [0.25, 0.3) is 11.0 Å². The number of nitrogens with zero attached hydrogens (tertiary/aromatic N) is 9. The van der Waals surface area contributed by atoms with E-state index in [0.717, 1.165) is 40.2 Å². The fourth-order valence-corrected chi connectivity index (χ4v) is 7.72. The fourth-order valence-electron chi connectivity index (χ4n) is 7.72. The number of esters is 4. The van der Waals surface area contributed by atoms with Crippen molar-refractivity contribution in [2.24, 2.45) is 5.92 Å². The van der Waals surface area contributed by atoms with Crippen molar-refractivity contribution < 1.29 is 71.6 Å². The topological polar surface area (TPSA) is 295 Å². The normalized spacial score (nSPS) is 21.0. The first-order chi connectivity index (χ1) is 32.2. The highest BCUT2D eigenvalue weighted by Crippen LogP contribution is 2.35. The monoisotopic (exact) mass is 951 g/mol. The molecule has 7 atom stereocenters. The number of fused-ring (bicyclic) bond motifs is 1.